The average molecular weight is 655 g/mol. The summed E-state index contributed by atoms with van der Waals surface area (Å²) in [5.41, 5.74) is 14.4. The largest absolute Gasteiger partial charge is 0.438 e. The van der Waals surface area contributed by atoms with Crippen molar-refractivity contribution in [3.63, 3.8) is 0 Å². The highest BCUT2D eigenvalue weighted by Gasteiger charge is 2.37. The van der Waals surface area contributed by atoms with Crippen molar-refractivity contribution >= 4 is 49.9 Å². The maximum absolute atomic E-state index is 6.52. The molecule has 0 fully saturated rings. The van der Waals surface area contributed by atoms with E-state index in [0.717, 1.165) is 38.8 Å². The molecule has 0 atom stereocenters. The van der Waals surface area contributed by atoms with Crippen LogP contribution in [0.1, 0.15) is 25.0 Å². The zero-order valence-corrected chi connectivity index (χ0v) is 28.5. The van der Waals surface area contributed by atoms with E-state index in [9.17, 15) is 0 Å². The molecule has 2 aromatic heterocycles. The molecule has 0 N–H and O–H groups in total. The van der Waals surface area contributed by atoms with Gasteiger partial charge in [-0.1, -0.05) is 135 Å². The third-order valence-corrected chi connectivity index (χ3v) is 10.7. The fourth-order valence-electron chi connectivity index (χ4n) is 8.16. The van der Waals surface area contributed by atoms with Crippen LogP contribution in [0.3, 0.4) is 0 Å². The molecule has 0 saturated heterocycles. The van der Waals surface area contributed by atoms with Gasteiger partial charge < -0.3 is 9.32 Å². The maximum atomic E-state index is 6.52. The fraction of sp³-hybridized carbons (Fsp3) is 0.0625. The van der Waals surface area contributed by atoms with E-state index in [4.69, 9.17) is 9.40 Å². The summed E-state index contributed by atoms with van der Waals surface area (Å²) < 4.78 is 6.52. The minimum Gasteiger partial charge on any atom is -0.438 e. The van der Waals surface area contributed by atoms with Crippen LogP contribution in [-0.2, 0) is 5.41 Å². The van der Waals surface area contributed by atoms with Crippen LogP contribution in [0.25, 0.3) is 66.2 Å². The molecule has 242 valence electrons. The van der Waals surface area contributed by atoms with Crippen molar-refractivity contribution in [1.29, 1.82) is 0 Å². The normalized spacial score (nSPS) is 13.1. The molecule has 0 radical (unpaired) electrons. The van der Waals surface area contributed by atoms with E-state index in [1.54, 1.807) is 0 Å². The van der Waals surface area contributed by atoms with Crippen LogP contribution >= 0.6 is 0 Å². The number of nitrogens with zero attached hydrogens (tertiary/aromatic N) is 2. The molecule has 3 nitrogen and oxygen atoms in total. The van der Waals surface area contributed by atoms with Gasteiger partial charge in [-0.25, -0.2) is 4.98 Å². The third kappa shape index (κ3) is 4.62. The Morgan fingerprint density at radius 2 is 1.16 bits per heavy atom. The van der Waals surface area contributed by atoms with Crippen LogP contribution in [0, 0.1) is 0 Å². The van der Waals surface area contributed by atoms with Crippen molar-refractivity contribution in [2.24, 2.45) is 0 Å². The maximum Gasteiger partial charge on any atom is 0.229 e. The molecule has 0 amide bonds. The topological polar surface area (TPSA) is 29.3 Å². The summed E-state index contributed by atoms with van der Waals surface area (Å²) >= 11 is 0. The second-order valence-corrected chi connectivity index (χ2v) is 14.0. The predicted molar refractivity (Wildman–Crippen MR) is 212 cm³/mol. The number of benzene rings is 7. The molecule has 9 aromatic rings. The summed E-state index contributed by atoms with van der Waals surface area (Å²) in [6.07, 6.45) is 1.87. The number of fused-ring (bicyclic) bond motifs is 7. The van der Waals surface area contributed by atoms with E-state index < -0.39 is 0 Å². The molecule has 7 aromatic carbocycles. The van der Waals surface area contributed by atoms with Gasteiger partial charge >= 0.3 is 0 Å². The van der Waals surface area contributed by atoms with Crippen LogP contribution in [-0.4, -0.2) is 4.98 Å². The highest BCUT2D eigenvalue weighted by molar-refractivity contribution is 6.16. The molecule has 2 heterocycles. The Bertz CT molecular complexity index is 2760. The van der Waals surface area contributed by atoms with Gasteiger partial charge in [0.25, 0.3) is 0 Å². The Kier molecular flexibility index (Phi) is 6.53. The molecule has 10 rings (SSSR count). The molecule has 0 unspecified atom stereocenters. The van der Waals surface area contributed by atoms with E-state index in [0.29, 0.717) is 5.71 Å². The van der Waals surface area contributed by atoms with Crippen LogP contribution in [0.5, 0.6) is 0 Å². The van der Waals surface area contributed by atoms with Crippen LogP contribution < -0.4 is 4.90 Å². The molecule has 0 aliphatic heterocycles. The lowest BCUT2D eigenvalue weighted by Gasteiger charge is -2.30. The Balaban J connectivity index is 1.30. The van der Waals surface area contributed by atoms with Gasteiger partial charge in [0, 0.05) is 28.2 Å². The minimum absolute atomic E-state index is 0.137. The Morgan fingerprint density at radius 3 is 1.92 bits per heavy atom. The molecular formula is C48H34N2O. The summed E-state index contributed by atoms with van der Waals surface area (Å²) in [5, 5.41) is 4.35. The first-order chi connectivity index (χ1) is 25.0. The first-order valence-corrected chi connectivity index (χ1v) is 17.5. The molecule has 0 spiro atoms. The summed E-state index contributed by atoms with van der Waals surface area (Å²) in [6.45, 7) is 4.70. The quantitative estimate of drug-likeness (QED) is 0.185. The summed E-state index contributed by atoms with van der Waals surface area (Å²) in [5.74, 6) is 0. The van der Waals surface area contributed by atoms with Crippen LogP contribution in [0.4, 0.5) is 17.1 Å². The van der Waals surface area contributed by atoms with E-state index in [-0.39, 0.29) is 5.41 Å². The van der Waals surface area contributed by atoms with Gasteiger partial charge in [-0.05, 0) is 92.2 Å². The molecule has 1 aliphatic carbocycles. The molecule has 51 heavy (non-hydrogen) atoms. The summed E-state index contributed by atoms with van der Waals surface area (Å²) in [4.78, 5) is 7.20. The number of hydrogen-bond donors (Lipinski definition) is 0. The van der Waals surface area contributed by atoms with Gasteiger partial charge in [-0.3, -0.25) is 0 Å². The smallest absolute Gasteiger partial charge is 0.229 e. The highest BCUT2D eigenvalue weighted by Crippen LogP contribution is 2.54. The lowest BCUT2D eigenvalue weighted by molar-refractivity contribution is 0.654. The molecular weight excluding hydrogens is 621 g/mol. The molecule has 0 bridgehead atoms. The second kappa shape index (κ2) is 11.3. The van der Waals surface area contributed by atoms with E-state index in [1.807, 2.05) is 6.20 Å². The van der Waals surface area contributed by atoms with Crippen molar-refractivity contribution < 1.29 is 4.42 Å². The number of anilines is 3. The molecule has 1 aliphatic rings. The van der Waals surface area contributed by atoms with E-state index in [1.165, 1.54) is 49.9 Å². The van der Waals surface area contributed by atoms with Crippen molar-refractivity contribution in [3.05, 3.63) is 181 Å². The van der Waals surface area contributed by atoms with Gasteiger partial charge in [0.2, 0.25) is 5.71 Å². The average Bonchev–Trinajstić information content (AvgIpc) is 3.66. The lowest BCUT2D eigenvalue weighted by Crippen LogP contribution is -2.16. The Hall–Kier alpha value is -6.45. The van der Waals surface area contributed by atoms with E-state index >= 15 is 0 Å². The van der Waals surface area contributed by atoms with Gasteiger partial charge in [0.05, 0.1) is 16.8 Å². The number of rotatable bonds is 5. The zero-order chi connectivity index (χ0) is 34.1. The fourth-order valence-corrected chi connectivity index (χ4v) is 8.16. The first kappa shape index (κ1) is 29.5. The van der Waals surface area contributed by atoms with Crippen molar-refractivity contribution in [3.8, 4) is 33.4 Å². The number of aromatic nitrogens is 1. The third-order valence-electron chi connectivity index (χ3n) is 10.7. The number of hydrogen-bond acceptors (Lipinski definition) is 3. The predicted octanol–water partition coefficient (Wildman–Crippen LogP) is 13.2. The van der Waals surface area contributed by atoms with Crippen molar-refractivity contribution in [2.75, 3.05) is 4.90 Å². The first-order valence-electron chi connectivity index (χ1n) is 17.5. The second-order valence-electron chi connectivity index (χ2n) is 14.0. The van der Waals surface area contributed by atoms with Crippen LogP contribution in [0.2, 0.25) is 0 Å². The van der Waals surface area contributed by atoms with Gasteiger partial charge in [-0.15, -0.1) is 0 Å². The number of pyridine rings is 1. The SMILES string of the molecule is CC1(C)c2ccccc2-c2cc(N(c3ccc(-c4ccccc4)cc3)c3ccnc4oc5cc6ccccc6cc5c34)c(-c3ccccc3)cc21. The summed E-state index contributed by atoms with van der Waals surface area (Å²) in [6, 6.07) is 59.0. The van der Waals surface area contributed by atoms with Crippen molar-refractivity contribution in [2.45, 2.75) is 19.3 Å². The van der Waals surface area contributed by atoms with Crippen LogP contribution in [0.15, 0.2) is 174 Å². The molecule has 3 heteroatoms. The minimum atomic E-state index is -0.137. The molecule has 0 saturated carbocycles. The lowest BCUT2D eigenvalue weighted by atomic mass is 9.81. The van der Waals surface area contributed by atoms with Crippen molar-refractivity contribution in [1.82, 2.24) is 4.98 Å². The highest BCUT2D eigenvalue weighted by atomic mass is 16.3. The summed E-state index contributed by atoms with van der Waals surface area (Å²) in [7, 11) is 0. The Morgan fingerprint density at radius 1 is 0.510 bits per heavy atom. The standard InChI is InChI=1S/C48H34N2O/c1-48(2)41-20-12-11-19-37(41)39-30-44(38(29-42(39)48)33-15-7-4-8-16-33)50(36-23-21-32(22-24-36)31-13-5-3-6-14-31)43-25-26-49-47-46(43)40-27-34-17-9-10-18-35(34)28-45(40)51-47/h3-30H,1-2H3. The monoisotopic (exact) mass is 654 g/mol. The van der Waals surface area contributed by atoms with E-state index in [2.05, 4.69) is 183 Å². The zero-order valence-electron chi connectivity index (χ0n) is 28.5. The Labute approximate surface area is 297 Å². The van der Waals surface area contributed by atoms with Gasteiger partial charge in [-0.2, -0.15) is 0 Å². The van der Waals surface area contributed by atoms with Gasteiger partial charge in [0.15, 0.2) is 0 Å². The number of furan rings is 1. The van der Waals surface area contributed by atoms with Gasteiger partial charge in [0.1, 0.15) is 5.58 Å².